The Morgan fingerprint density at radius 3 is 2.80 bits per heavy atom. The lowest BCUT2D eigenvalue weighted by atomic mass is 10.2. The van der Waals surface area contributed by atoms with Crippen LogP contribution in [0, 0.1) is 0 Å². The van der Waals surface area contributed by atoms with Gasteiger partial charge in [0.25, 0.3) is 0 Å². The number of fused-ring (bicyclic) bond motifs is 1. The standard InChI is InChI=1S/C18H15N5O2/c1-24-15-7-8-17-12(9-15)5-6-14(19-17)11-25-16-4-2-3-13(10-16)18-20-22-23-21-18/h2-10H,11H2,1H3,(H,20,21,22,23). The van der Waals surface area contributed by atoms with Gasteiger partial charge in [-0.25, -0.2) is 10.1 Å². The quantitative estimate of drug-likeness (QED) is 0.604. The van der Waals surface area contributed by atoms with E-state index in [1.807, 2.05) is 54.6 Å². The van der Waals surface area contributed by atoms with E-state index in [4.69, 9.17) is 9.47 Å². The van der Waals surface area contributed by atoms with E-state index < -0.39 is 0 Å². The summed E-state index contributed by atoms with van der Waals surface area (Å²) in [7, 11) is 1.65. The van der Waals surface area contributed by atoms with Gasteiger partial charge in [0, 0.05) is 10.9 Å². The minimum atomic E-state index is 0.375. The van der Waals surface area contributed by atoms with E-state index in [-0.39, 0.29) is 0 Å². The van der Waals surface area contributed by atoms with Crippen molar-refractivity contribution in [3.8, 4) is 22.9 Å². The average molecular weight is 333 g/mol. The summed E-state index contributed by atoms with van der Waals surface area (Å²) in [5.74, 6) is 2.14. The average Bonchev–Trinajstić information content (AvgIpc) is 3.21. The highest BCUT2D eigenvalue weighted by molar-refractivity contribution is 5.80. The molecular weight excluding hydrogens is 318 g/mol. The molecule has 0 aliphatic rings. The van der Waals surface area contributed by atoms with Crippen molar-refractivity contribution in [2.75, 3.05) is 7.11 Å². The van der Waals surface area contributed by atoms with Gasteiger partial charge in [0.1, 0.15) is 18.1 Å². The van der Waals surface area contributed by atoms with Crippen molar-refractivity contribution in [2.45, 2.75) is 6.61 Å². The summed E-state index contributed by atoms with van der Waals surface area (Å²) in [6.07, 6.45) is 0. The van der Waals surface area contributed by atoms with Crippen LogP contribution in [0.5, 0.6) is 11.5 Å². The fraction of sp³-hybridized carbons (Fsp3) is 0.111. The number of ether oxygens (including phenoxy) is 2. The number of hydrogen-bond donors (Lipinski definition) is 1. The molecule has 124 valence electrons. The Morgan fingerprint density at radius 2 is 1.96 bits per heavy atom. The molecule has 25 heavy (non-hydrogen) atoms. The van der Waals surface area contributed by atoms with Crippen molar-refractivity contribution in [3.05, 3.63) is 60.3 Å². The molecule has 0 spiro atoms. The zero-order valence-electron chi connectivity index (χ0n) is 13.5. The fourth-order valence-electron chi connectivity index (χ4n) is 2.53. The Balaban J connectivity index is 1.51. The molecule has 0 aliphatic heterocycles. The van der Waals surface area contributed by atoms with Gasteiger partial charge >= 0.3 is 0 Å². The Labute approximate surface area is 143 Å². The van der Waals surface area contributed by atoms with Gasteiger partial charge < -0.3 is 9.47 Å². The highest BCUT2D eigenvalue weighted by Gasteiger charge is 2.05. The number of hydrogen-bond acceptors (Lipinski definition) is 6. The van der Waals surface area contributed by atoms with Crippen LogP contribution in [0.2, 0.25) is 0 Å². The van der Waals surface area contributed by atoms with Crippen LogP contribution in [0.15, 0.2) is 54.6 Å². The highest BCUT2D eigenvalue weighted by atomic mass is 16.5. The number of H-pyrrole nitrogens is 1. The van der Waals surface area contributed by atoms with Crippen LogP contribution < -0.4 is 9.47 Å². The molecule has 0 saturated heterocycles. The molecule has 0 amide bonds. The van der Waals surface area contributed by atoms with Crippen LogP contribution in [-0.2, 0) is 6.61 Å². The molecule has 2 aromatic carbocycles. The summed E-state index contributed by atoms with van der Waals surface area (Å²) in [5.41, 5.74) is 2.62. The van der Waals surface area contributed by atoms with E-state index in [0.717, 1.165) is 33.7 Å². The minimum Gasteiger partial charge on any atom is -0.497 e. The first kappa shape index (κ1) is 15.1. The summed E-state index contributed by atoms with van der Waals surface area (Å²) in [4.78, 5) is 4.62. The molecular formula is C18H15N5O2. The Kier molecular flexibility index (Phi) is 3.96. The summed E-state index contributed by atoms with van der Waals surface area (Å²) in [5, 5.41) is 14.8. The SMILES string of the molecule is COc1ccc2nc(COc3cccc(-c4nnn[nH]4)c3)ccc2c1. The van der Waals surface area contributed by atoms with Gasteiger partial charge in [-0.2, -0.15) is 0 Å². The number of tetrazole rings is 1. The van der Waals surface area contributed by atoms with Crippen LogP contribution in [-0.4, -0.2) is 32.7 Å². The Bertz CT molecular complexity index is 1000. The van der Waals surface area contributed by atoms with Crippen LogP contribution in [0.3, 0.4) is 0 Å². The van der Waals surface area contributed by atoms with Gasteiger partial charge in [-0.1, -0.05) is 18.2 Å². The van der Waals surface area contributed by atoms with Gasteiger partial charge in [0.2, 0.25) is 0 Å². The summed E-state index contributed by atoms with van der Waals surface area (Å²) in [6, 6.07) is 17.3. The minimum absolute atomic E-state index is 0.375. The fourth-order valence-corrected chi connectivity index (χ4v) is 2.53. The number of pyridine rings is 1. The van der Waals surface area contributed by atoms with E-state index in [0.29, 0.717) is 12.4 Å². The van der Waals surface area contributed by atoms with Crippen molar-refractivity contribution in [1.29, 1.82) is 0 Å². The molecule has 4 rings (SSSR count). The summed E-state index contributed by atoms with van der Waals surface area (Å²) < 4.78 is 11.1. The van der Waals surface area contributed by atoms with Crippen LogP contribution in [0.25, 0.3) is 22.3 Å². The second-order valence-electron chi connectivity index (χ2n) is 5.43. The van der Waals surface area contributed by atoms with Crippen molar-refractivity contribution < 1.29 is 9.47 Å². The molecule has 1 N–H and O–H groups in total. The van der Waals surface area contributed by atoms with Gasteiger partial charge in [-0.05, 0) is 46.8 Å². The largest absolute Gasteiger partial charge is 0.497 e. The monoisotopic (exact) mass is 333 g/mol. The molecule has 2 heterocycles. The van der Waals surface area contributed by atoms with Crippen molar-refractivity contribution in [1.82, 2.24) is 25.6 Å². The number of methoxy groups -OCH3 is 1. The molecule has 0 unspecified atom stereocenters. The van der Waals surface area contributed by atoms with E-state index in [9.17, 15) is 0 Å². The van der Waals surface area contributed by atoms with Crippen LogP contribution in [0.1, 0.15) is 5.69 Å². The first-order chi connectivity index (χ1) is 12.3. The van der Waals surface area contributed by atoms with E-state index in [2.05, 4.69) is 25.6 Å². The second-order valence-corrected chi connectivity index (χ2v) is 5.43. The first-order valence-electron chi connectivity index (χ1n) is 7.72. The molecule has 0 fully saturated rings. The third-order valence-electron chi connectivity index (χ3n) is 3.79. The molecule has 2 aromatic heterocycles. The Hall–Kier alpha value is -3.48. The lowest BCUT2D eigenvalue weighted by Crippen LogP contribution is -1.98. The van der Waals surface area contributed by atoms with E-state index in [1.165, 1.54) is 0 Å². The molecule has 7 heteroatoms. The van der Waals surface area contributed by atoms with Gasteiger partial charge in [-0.15, -0.1) is 5.10 Å². The highest BCUT2D eigenvalue weighted by Crippen LogP contribution is 2.22. The molecule has 0 aliphatic carbocycles. The predicted molar refractivity (Wildman–Crippen MR) is 92.2 cm³/mol. The zero-order chi connectivity index (χ0) is 17.1. The first-order valence-corrected chi connectivity index (χ1v) is 7.72. The molecule has 0 radical (unpaired) electrons. The normalized spacial score (nSPS) is 10.8. The number of aromatic amines is 1. The maximum Gasteiger partial charge on any atom is 0.179 e. The lowest BCUT2D eigenvalue weighted by molar-refractivity contribution is 0.302. The van der Waals surface area contributed by atoms with Crippen molar-refractivity contribution in [3.63, 3.8) is 0 Å². The smallest absolute Gasteiger partial charge is 0.179 e. The van der Waals surface area contributed by atoms with Gasteiger partial charge in [0.15, 0.2) is 5.82 Å². The van der Waals surface area contributed by atoms with E-state index in [1.54, 1.807) is 7.11 Å². The number of benzene rings is 2. The van der Waals surface area contributed by atoms with Crippen LogP contribution in [0.4, 0.5) is 0 Å². The molecule has 0 saturated carbocycles. The number of aromatic nitrogens is 5. The second kappa shape index (κ2) is 6.56. The lowest BCUT2D eigenvalue weighted by Gasteiger charge is -2.08. The molecule has 7 nitrogen and oxygen atoms in total. The van der Waals surface area contributed by atoms with Crippen molar-refractivity contribution >= 4 is 10.9 Å². The van der Waals surface area contributed by atoms with Gasteiger partial charge in [-0.3, -0.25) is 0 Å². The van der Waals surface area contributed by atoms with E-state index >= 15 is 0 Å². The number of rotatable bonds is 5. The number of nitrogens with zero attached hydrogens (tertiary/aromatic N) is 4. The topological polar surface area (TPSA) is 85.8 Å². The van der Waals surface area contributed by atoms with Crippen molar-refractivity contribution in [2.24, 2.45) is 0 Å². The molecule has 0 bridgehead atoms. The molecule has 4 aromatic rings. The Morgan fingerprint density at radius 1 is 1.00 bits per heavy atom. The summed E-state index contributed by atoms with van der Waals surface area (Å²) >= 11 is 0. The van der Waals surface area contributed by atoms with Gasteiger partial charge in [0.05, 0.1) is 18.3 Å². The maximum absolute atomic E-state index is 5.85. The number of nitrogens with one attached hydrogen (secondary N) is 1. The zero-order valence-corrected chi connectivity index (χ0v) is 13.5. The predicted octanol–water partition coefficient (Wildman–Crippen LogP) is 3.00. The molecule has 0 atom stereocenters. The van der Waals surface area contributed by atoms with Crippen LogP contribution >= 0.6 is 0 Å². The third-order valence-corrected chi connectivity index (χ3v) is 3.79. The summed E-state index contributed by atoms with van der Waals surface area (Å²) in [6.45, 7) is 0.375. The maximum atomic E-state index is 5.85. The third kappa shape index (κ3) is 3.25.